The Labute approximate surface area is 165 Å². The lowest BCUT2D eigenvalue weighted by molar-refractivity contribution is 0.0953. The zero-order chi connectivity index (χ0) is 19.9. The van der Waals surface area contributed by atoms with Crippen molar-refractivity contribution in [1.29, 1.82) is 0 Å². The number of nitrogens with one attached hydrogen (secondary N) is 2. The van der Waals surface area contributed by atoms with Crippen molar-refractivity contribution in [2.75, 3.05) is 19.0 Å². The first-order chi connectivity index (χ1) is 13.5. The number of hydrogen-bond donors (Lipinski definition) is 2. The number of aryl methyl sites for hydroxylation is 2. The smallest absolute Gasteiger partial charge is 0.254 e. The minimum atomic E-state index is -0.194. The minimum Gasteiger partial charge on any atom is -0.497 e. The number of aromatic nitrogens is 2. The minimum absolute atomic E-state index is 0.194. The van der Waals surface area contributed by atoms with Gasteiger partial charge in [0, 0.05) is 24.6 Å². The van der Waals surface area contributed by atoms with Crippen molar-refractivity contribution < 1.29 is 9.53 Å². The fourth-order valence-corrected chi connectivity index (χ4v) is 2.94. The van der Waals surface area contributed by atoms with Gasteiger partial charge in [0.2, 0.25) is 5.95 Å². The average molecular weight is 376 g/mol. The van der Waals surface area contributed by atoms with E-state index in [2.05, 4.69) is 26.7 Å². The highest BCUT2D eigenvalue weighted by Crippen LogP contribution is 2.17. The topological polar surface area (TPSA) is 76.1 Å². The predicted molar refractivity (Wildman–Crippen MR) is 110 cm³/mol. The number of benzene rings is 2. The van der Waals surface area contributed by atoms with Crippen molar-refractivity contribution in [2.45, 2.75) is 20.3 Å². The molecule has 0 aliphatic carbocycles. The highest BCUT2D eigenvalue weighted by Gasteiger charge is 2.07. The van der Waals surface area contributed by atoms with Crippen LogP contribution in [0.5, 0.6) is 5.75 Å². The Hall–Kier alpha value is -3.41. The standard InChI is InChI=1S/C22H24N4O2/c1-15-9-16(2)11-19(10-15)26-22-24-13-18(14-25-22)21(27)23-8-7-17-5-4-6-20(12-17)28-3/h4-6,9-14H,7-8H2,1-3H3,(H,23,27)(H,24,25,26). The van der Waals surface area contributed by atoms with E-state index in [1.54, 1.807) is 7.11 Å². The van der Waals surface area contributed by atoms with Gasteiger partial charge in [-0.2, -0.15) is 0 Å². The first kappa shape index (κ1) is 19.4. The fraction of sp³-hybridized carbons (Fsp3) is 0.227. The van der Waals surface area contributed by atoms with Crippen molar-refractivity contribution in [2.24, 2.45) is 0 Å². The predicted octanol–water partition coefficient (Wildman–Crippen LogP) is 3.82. The van der Waals surface area contributed by atoms with Crippen molar-refractivity contribution in [3.63, 3.8) is 0 Å². The summed E-state index contributed by atoms with van der Waals surface area (Å²) >= 11 is 0. The number of amides is 1. The molecule has 0 atom stereocenters. The van der Waals surface area contributed by atoms with Crippen LogP contribution in [0.4, 0.5) is 11.6 Å². The Balaban J connectivity index is 1.54. The average Bonchev–Trinajstić information content (AvgIpc) is 2.68. The Morgan fingerprint density at radius 2 is 1.75 bits per heavy atom. The highest BCUT2D eigenvalue weighted by atomic mass is 16.5. The Morgan fingerprint density at radius 1 is 1.04 bits per heavy atom. The molecule has 1 amide bonds. The second-order valence-corrected chi connectivity index (χ2v) is 6.65. The van der Waals surface area contributed by atoms with E-state index >= 15 is 0 Å². The van der Waals surface area contributed by atoms with Crippen molar-refractivity contribution in [3.8, 4) is 5.75 Å². The van der Waals surface area contributed by atoms with Crippen LogP contribution in [0.25, 0.3) is 0 Å². The normalized spacial score (nSPS) is 10.4. The summed E-state index contributed by atoms with van der Waals surface area (Å²) in [5, 5.41) is 6.05. The van der Waals surface area contributed by atoms with Crippen LogP contribution >= 0.6 is 0 Å². The van der Waals surface area contributed by atoms with Gasteiger partial charge in [-0.05, 0) is 61.2 Å². The maximum Gasteiger partial charge on any atom is 0.254 e. The van der Waals surface area contributed by atoms with Gasteiger partial charge >= 0.3 is 0 Å². The molecule has 0 unspecified atom stereocenters. The SMILES string of the molecule is COc1cccc(CCNC(=O)c2cnc(Nc3cc(C)cc(C)c3)nc2)c1. The zero-order valence-electron chi connectivity index (χ0n) is 16.3. The summed E-state index contributed by atoms with van der Waals surface area (Å²) in [6, 6.07) is 13.9. The molecule has 144 valence electrons. The molecule has 0 saturated heterocycles. The summed E-state index contributed by atoms with van der Waals surface area (Å²) in [6.07, 6.45) is 3.77. The van der Waals surface area contributed by atoms with E-state index in [4.69, 9.17) is 4.74 Å². The van der Waals surface area contributed by atoms with Crippen LogP contribution in [0, 0.1) is 13.8 Å². The first-order valence-electron chi connectivity index (χ1n) is 9.12. The van der Waals surface area contributed by atoms with E-state index in [0.717, 1.165) is 34.5 Å². The zero-order valence-corrected chi connectivity index (χ0v) is 16.3. The van der Waals surface area contributed by atoms with E-state index in [1.165, 1.54) is 12.4 Å². The van der Waals surface area contributed by atoms with E-state index in [-0.39, 0.29) is 5.91 Å². The molecule has 3 rings (SSSR count). The monoisotopic (exact) mass is 376 g/mol. The van der Waals surface area contributed by atoms with Crippen LogP contribution in [0.1, 0.15) is 27.0 Å². The molecule has 1 aromatic heterocycles. The number of carbonyl (C=O) groups is 1. The number of hydrogen-bond acceptors (Lipinski definition) is 5. The third-order valence-corrected chi connectivity index (χ3v) is 4.23. The lowest BCUT2D eigenvalue weighted by atomic mass is 10.1. The molecule has 0 aliphatic heterocycles. The Morgan fingerprint density at radius 3 is 2.43 bits per heavy atom. The van der Waals surface area contributed by atoms with Crippen LogP contribution in [0.15, 0.2) is 54.9 Å². The molecule has 1 heterocycles. The van der Waals surface area contributed by atoms with E-state index in [9.17, 15) is 4.79 Å². The molecule has 2 N–H and O–H groups in total. The quantitative estimate of drug-likeness (QED) is 0.656. The van der Waals surface area contributed by atoms with Crippen molar-refractivity contribution >= 4 is 17.5 Å². The van der Waals surface area contributed by atoms with E-state index < -0.39 is 0 Å². The molecule has 0 radical (unpaired) electrons. The number of carbonyl (C=O) groups excluding carboxylic acids is 1. The molecule has 0 bridgehead atoms. The molecular weight excluding hydrogens is 352 g/mol. The van der Waals surface area contributed by atoms with Gasteiger partial charge in [-0.15, -0.1) is 0 Å². The Bertz CT molecular complexity index is 935. The number of rotatable bonds is 7. The fourth-order valence-electron chi connectivity index (χ4n) is 2.94. The summed E-state index contributed by atoms with van der Waals surface area (Å²) in [6.45, 7) is 4.60. The number of ether oxygens (including phenoxy) is 1. The van der Waals surface area contributed by atoms with Crippen molar-refractivity contribution in [3.05, 3.63) is 77.1 Å². The molecule has 28 heavy (non-hydrogen) atoms. The molecule has 6 nitrogen and oxygen atoms in total. The van der Waals surface area contributed by atoms with Gasteiger partial charge in [0.05, 0.1) is 12.7 Å². The number of nitrogens with zero attached hydrogens (tertiary/aromatic N) is 2. The van der Waals surface area contributed by atoms with Crippen molar-refractivity contribution in [1.82, 2.24) is 15.3 Å². The third kappa shape index (κ3) is 5.30. The molecular formula is C22H24N4O2. The van der Waals surface area contributed by atoms with Crippen LogP contribution in [0.2, 0.25) is 0 Å². The molecule has 2 aromatic carbocycles. The summed E-state index contributed by atoms with van der Waals surface area (Å²) in [5.74, 6) is 1.07. The summed E-state index contributed by atoms with van der Waals surface area (Å²) < 4.78 is 5.21. The van der Waals surface area contributed by atoms with Crippen LogP contribution in [0.3, 0.4) is 0 Å². The molecule has 0 saturated carbocycles. The van der Waals surface area contributed by atoms with E-state index in [1.807, 2.05) is 50.2 Å². The summed E-state index contributed by atoms with van der Waals surface area (Å²) in [7, 11) is 1.64. The molecule has 6 heteroatoms. The summed E-state index contributed by atoms with van der Waals surface area (Å²) in [4.78, 5) is 20.8. The molecule has 3 aromatic rings. The van der Waals surface area contributed by atoms with Gasteiger partial charge in [-0.1, -0.05) is 18.2 Å². The molecule has 0 aliphatic rings. The molecule has 0 fully saturated rings. The van der Waals surface area contributed by atoms with Crippen LogP contribution in [-0.2, 0) is 6.42 Å². The Kier molecular flexibility index (Phi) is 6.22. The second-order valence-electron chi connectivity index (χ2n) is 6.65. The van der Waals surface area contributed by atoms with Gasteiger partial charge in [-0.3, -0.25) is 4.79 Å². The second kappa shape index (κ2) is 8.99. The third-order valence-electron chi connectivity index (χ3n) is 4.23. The highest BCUT2D eigenvalue weighted by molar-refractivity contribution is 5.93. The van der Waals surface area contributed by atoms with Crippen LogP contribution in [-0.4, -0.2) is 29.5 Å². The van der Waals surface area contributed by atoms with Gasteiger partial charge in [-0.25, -0.2) is 9.97 Å². The first-order valence-corrected chi connectivity index (χ1v) is 9.12. The lowest BCUT2D eigenvalue weighted by Gasteiger charge is -2.08. The largest absolute Gasteiger partial charge is 0.497 e. The maximum absolute atomic E-state index is 12.3. The van der Waals surface area contributed by atoms with Gasteiger partial charge in [0.25, 0.3) is 5.91 Å². The van der Waals surface area contributed by atoms with Gasteiger partial charge in [0.1, 0.15) is 5.75 Å². The van der Waals surface area contributed by atoms with E-state index in [0.29, 0.717) is 18.1 Å². The maximum atomic E-state index is 12.3. The lowest BCUT2D eigenvalue weighted by Crippen LogP contribution is -2.26. The molecule has 0 spiro atoms. The van der Waals surface area contributed by atoms with Crippen LogP contribution < -0.4 is 15.4 Å². The van der Waals surface area contributed by atoms with Gasteiger partial charge in [0.15, 0.2) is 0 Å². The number of methoxy groups -OCH3 is 1. The number of anilines is 2. The van der Waals surface area contributed by atoms with Gasteiger partial charge < -0.3 is 15.4 Å². The summed E-state index contributed by atoms with van der Waals surface area (Å²) in [5.41, 5.74) is 4.78.